The number of nitrogens with zero attached hydrogens (tertiary/aromatic N) is 3. The van der Waals surface area contributed by atoms with Gasteiger partial charge < -0.3 is 4.90 Å². The lowest BCUT2D eigenvalue weighted by atomic mass is 9.87. The first-order valence-electron chi connectivity index (χ1n) is 8.41. The Morgan fingerprint density at radius 1 is 1.16 bits per heavy atom. The second kappa shape index (κ2) is 6.82. The molecular formula is C20H27N3O2. The van der Waals surface area contributed by atoms with Crippen LogP contribution < -0.4 is 5.56 Å². The molecule has 0 bridgehead atoms. The van der Waals surface area contributed by atoms with Crippen molar-refractivity contribution >= 4 is 5.91 Å². The van der Waals surface area contributed by atoms with Crippen LogP contribution in [0.3, 0.4) is 0 Å². The summed E-state index contributed by atoms with van der Waals surface area (Å²) in [6, 6.07) is 8.25. The molecule has 5 heteroatoms. The summed E-state index contributed by atoms with van der Waals surface area (Å²) in [5, 5.41) is 4.13. The maximum absolute atomic E-state index is 12.8. The summed E-state index contributed by atoms with van der Waals surface area (Å²) in [6.45, 7) is 10.5. The zero-order valence-electron chi connectivity index (χ0n) is 16.2. The third-order valence-corrected chi connectivity index (χ3v) is 4.53. The Morgan fingerprint density at radius 3 is 2.24 bits per heavy atom. The van der Waals surface area contributed by atoms with E-state index in [0.29, 0.717) is 17.8 Å². The van der Waals surface area contributed by atoms with E-state index in [-0.39, 0.29) is 22.4 Å². The van der Waals surface area contributed by atoms with E-state index in [1.165, 1.54) is 10.2 Å². The summed E-state index contributed by atoms with van der Waals surface area (Å²) in [4.78, 5) is 26.7. The zero-order chi connectivity index (χ0) is 18.9. The van der Waals surface area contributed by atoms with E-state index < -0.39 is 0 Å². The van der Waals surface area contributed by atoms with Crippen molar-refractivity contribution in [2.75, 3.05) is 7.05 Å². The quantitative estimate of drug-likeness (QED) is 0.862. The van der Waals surface area contributed by atoms with Crippen molar-refractivity contribution in [3.05, 3.63) is 62.6 Å². The van der Waals surface area contributed by atoms with Gasteiger partial charge in [0.15, 0.2) is 0 Å². The fraction of sp³-hybridized carbons (Fsp3) is 0.450. The molecule has 0 saturated heterocycles. The molecule has 0 aliphatic heterocycles. The monoisotopic (exact) mass is 341 g/mol. The number of hydrogen-bond acceptors (Lipinski definition) is 3. The molecule has 1 heterocycles. The topological polar surface area (TPSA) is 55.2 Å². The predicted octanol–water partition coefficient (Wildman–Crippen LogP) is 2.97. The Hall–Kier alpha value is -2.43. The Kier molecular flexibility index (Phi) is 5.16. The van der Waals surface area contributed by atoms with E-state index in [1.54, 1.807) is 32.8 Å². The normalized spacial score (nSPS) is 11.5. The van der Waals surface area contributed by atoms with E-state index in [4.69, 9.17) is 0 Å². The van der Waals surface area contributed by atoms with E-state index >= 15 is 0 Å². The van der Waals surface area contributed by atoms with Crippen LogP contribution in [0.15, 0.2) is 29.1 Å². The first-order valence-corrected chi connectivity index (χ1v) is 8.41. The molecule has 0 spiro atoms. The Bertz CT molecular complexity index is 843. The Labute approximate surface area is 149 Å². The molecule has 5 nitrogen and oxygen atoms in total. The molecule has 1 amide bonds. The highest BCUT2D eigenvalue weighted by Crippen LogP contribution is 2.22. The van der Waals surface area contributed by atoms with Crippen molar-refractivity contribution in [3.8, 4) is 0 Å². The Balaban J connectivity index is 2.26. The molecule has 0 N–H and O–H groups in total. The predicted molar refractivity (Wildman–Crippen MR) is 99.9 cm³/mol. The molecule has 0 atom stereocenters. The van der Waals surface area contributed by atoms with Gasteiger partial charge in [-0.1, -0.05) is 45.0 Å². The molecule has 1 aromatic heterocycles. The highest BCUT2D eigenvalue weighted by Gasteiger charge is 2.21. The summed E-state index contributed by atoms with van der Waals surface area (Å²) >= 11 is 0. The molecule has 0 fully saturated rings. The lowest BCUT2D eigenvalue weighted by Gasteiger charge is -2.21. The highest BCUT2D eigenvalue weighted by molar-refractivity contribution is 5.95. The fourth-order valence-electron chi connectivity index (χ4n) is 2.75. The summed E-state index contributed by atoms with van der Waals surface area (Å²) < 4.78 is 1.22. The third kappa shape index (κ3) is 3.98. The van der Waals surface area contributed by atoms with Gasteiger partial charge in [0.1, 0.15) is 5.56 Å². The van der Waals surface area contributed by atoms with Crippen LogP contribution in [-0.2, 0) is 19.0 Å². The average Bonchev–Trinajstić information content (AvgIpc) is 2.52. The Morgan fingerprint density at radius 2 is 1.72 bits per heavy atom. The number of aromatic nitrogens is 2. The number of hydrogen-bond donors (Lipinski definition) is 0. The minimum absolute atomic E-state index is 0.0954. The third-order valence-electron chi connectivity index (χ3n) is 4.53. The second-order valence-corrected chi connectivity index (χ2v) is 7.62. The van der Waals surface area contributed by atoms with Crippen LogP contribution in [0.25, 0.3) is 0 Å². The highest BCUT2D eigenvalue weighted by atomic mass is 16.2. The molecule has 2 aromatic rings. The van der Waals surface area contributed by atoms with Gasteiger partial charge >= 0.3 is 0 Å². The summed E-state index contributed by atoms with van der Waals surface area (Å²) in [5.41, 5.74) is 3.55. The smallest absolute Gasteiger partial charge is 0.279 e. The fourth-order valence-corrected chi connectivity index (χ4v) is 2.75. The lowest BCUT2D eigenvalue weighted by Crippen LogP contribution is -2.36. The van der Waals surface area contributed by atoms with Gasteiger partial charge in [0.2, 0.25) is 0 Å². The largest absolute Gasteiger partial charge is 0.337 e. The van der Waals surface area contributed by atoms with Crippen molar-refractivity contribution in [1.82, 2.24) is 14.7 Å². The molecule has 134 valence electrons. The summed E-state index contributed by atoms with van der Waals surface area (Å²) in [7, 11) is 3.28. The SMILES string of the molecule is Cc1nn(C)c(=O)c(C(=O)N(C)Cc2ccc(C(C)(C)C)cc2)c1C. The van der Waals surface area contributed by atoms with Gasteiger partial charge in [-0.3, -0.25) is 9.59 Å². The van der Waals surface area contributed by atoms with Gasteiger partial charge in [-0.05, 0) is 36.0 Å². The number of amides is 1. The van der Waals surface area contributed by atoms with Crippen LogP contribution in [0.4, 0.5) is 0 Å². The first kappa shape index (κ1) is 18.9. The molecule has 0 radical (unpaired) electrons. The molecular weight excluding hydrogens is 314 g/mol. The zero-order valence-corrected chi connectivity index (χ0v) is 16.2. The van der Waals surface area contributed by atoms with Crippen molar-refractivity contribution in [3.63, 3.8) is 0 Å². The molecule has 0 unspecified atom stereocenters. The van der Waals surface area contributed by atoms with E-state index in [2.05, 4.69) is 38.0 Å². The van der Waals surface area contributed by atoms with E-state index in [9.17, 15) is 9.59 Å². The van der Waals surface area contributed by atoms with Crippen molar-refractivity contribution in [2.24, 2.45) is 7.05 Å². The van der Waals surface area contributed by atoms with Gasteiger partial charge in [-0.2, -0.15) is 5.10 Å². The molecule has 2 rings (SSSR count). The number of carbonyl (C=O) groups is 1. The molecule has 0 aliphatic rings. The lowest BCUT2D eigenvalue weighted by molar-refractivity contribution is 0.0781. The maximum Gasteiger partial charge on any atom is 0.279 e. The summed E-state index contributed by atoms with van der Waals surface area (Å²) in [6.07, 6.45) is 0. The van der Waals surface area contributed by atoms with Gasteiger partial charge in [0.25, 0.3) is 11.5 Å². The molecule has 0 saturated carbocycles. The molecule has 1 aromatic carbocycles. The van der Waals surface area contributed by atoms with Crippen molar-refractivity contribution in [1.29, 1.82) is 0 Å². The standard InChI is InChI=1S/C20H27N3O2/c1-13-14(2)21-23(7)19(25)17(13)18(24)22(6)12-15-8-10-16(11-9-15)20(3,4)5/h8-11H,12H2,1-7H3. The minimum atomic E-state index is -0.358. The second-order valence-electron chi connectivity index (χ2n) is 7.62. The number of carbonyl (C=O) groups excluding carboxylic acids is 1. The van der Waals surface area contributed by atoms with Gasteiger partial charge in [-0.25, -0.2) is 4.68 Å². The average molecular weight is 341 g/mol. The minimum Gasteiger partial charge on any atom is -0.337 e. The van der Waals surface area contributed by atoms with E-state index in [1.807, 2.05) is 12.1 Å². The number of aryl methyl sites for hydroxylation is 2. The van der Waals surface area contributed by atoms with Crippen LogP contribution in [0, 0.1) is 13.8 Å². The van der Waals surface area contributed by atoms with Crippen LogP contribution in [0.1, 0.15) is 53.5 Å². The van der Waals surface area contributed by atoms with Crippen LogP contribution in [0.2, 0.25) is 0 Å². The summed E-state index contributed by atoms with van der Waals surface area (Å²) in [5.74, 6) is -0.275. The van der Waals surface area contributed by atoms with Crippen LogP contribution >= 0.6 is 0 Å². The maximum atomic E-state index is 12.8. The number of rotatable bonds is 3. The van der Waals surface area contributed by atoms with Crippen molar-refractivity contribution in [2.45, 2.75) is 46.6 Å². The van der Waals surface area contributed by atoms with E-state index in [0.717, 1.165) is 5.56 Å². The molecule has 0 aliphatic carbocycles. The number of benzene rings is 1. The van der Waals surface area contributed by atoms with Crippen LogP contribution in [0.5, 0.6) is 0 Å². The first-order chi connectivity index (χ1) is 11.5. The van der Waals surface area contributed by atoms with Gasteiger partial charge in [-0.15, -0.1) is 0 Å². The van der Waals surface area contributed by atoms with Gasteiger partial charge in [0.05, 0.1) is 5.69 Å². The van der Waals surface area contributed by atoms with Gasteiger partial charge in [0, 0.05) is 20.6 Å². The van der Waals surface area contributed by atoms with Crippen molar-refractivity contribution < 1.29 is 4.79 Å². The van der Waals surface area contributed by atoms with Crippen LogP contribution in [-0.4, -0.2) is 27.6 Å². The molecule has 25 heavy (non-hydrogen) atoms.